The topological polar surface area (TPSA) is 11.4 Å². The third-order valence-corrected chi connectivity index (χ3v) is 16.9. The van der Waals surface area contributed by atoms with Crippen molar-refractivity contribution >= 4 is 73.3 Å². The summed E-state index contributed by atoms with van der Waals surface area (Å²) in [5, 5.41) is 2.58. The van der Waals surface area contributed by atoms with Gasteiger partial charge in [-0.15, -0.1) is 0 Å². The SMILES string of the molecule is Cc1ccccc1N(c1cc2c3c(c1)-n1c4ccc(-c5ccccc5)cc4c4cc(-c5ccccc5)cc(c41)B3c1cc(-c3ccccc3)cc3c1N2C1(C)CCCCC31C)c1ccccc1C. The van der Waals surface area contributed by atoms with Crippen molar-refractivity contribution < 1.29 is 0 Å². The molecule has 0 N–H and O–H groups in total. The Morgan fingerprint density at radius 3 is 1.68 bits per heavy atom. The number of anilines is 5. The average molecular weight is 874 g/mol. The van der Waals surface area contributed by atoms with E-state index in [1.54, 1.807) is 0 Å². The van der Waals surface area contributed by atoms with E-state index in [1.165, 1.54) is 135 Å². The molecule has 68 heavy (non-hydrogen) atoms. The minimum Gasteiger partial charge on any atom is -0.335 e. The van der Waals surface area contributed by atoms with E-state index in [0.717, 1.165) is 12.8 Å². The van der Waals surface area contributed by atoms with Crippen LogP contribution in [0.3, 0.4) is 0 Å². The second-order valence-corrected chi connectivity index (χ2v) is 20.5. The molecule has 2 atom stereocenters. The van der Waals surface area contributed by atoms with Gasteiger partial charge in [0.25, 0.3) is 6.71 Å². The number of hydrogen-bond acceptors (Lipinski definition) is 2. The Kier molecular flexibility index (Phi) is 8.43. The molecule has 4 aliphatic rings. The zero-order valence-corrected chi connectivity index (χ0v) is 39.2. The van der Waals surface area contributed by atoms with E-state index < -0.39 is 0 Å². The quantitative estimate of drug-likeness (QED) is 0.154. The standard InChI is InChI=1S/C64H52BN3/c1-41-20-14-16-28-55(41)66(56-29-17-15-21-42(56)2)49-39-58-60-59(40-49)68-62-52(63(3)32-18-19-33-64(63,68)4)36-48(45-26-12-7-13-27-45)38-54(62)65(60)53-37-47(44-24-10-6-11-25-44)35-51-50-34-46(43-22-8-5-9-23-43)30-31-57(50)67(58)61(51)53/h5-17,20-31,34-40H,18-19,32-33H2,1-4H3. The molecule has 9 aromatic carbocycles. The number of rotatable bonds is 6. The summed E-state index contributed by atoms with van der Waals surface area (Å²) in [6, 6.07) is 73.6. The summed E-state index contributed by atoms with van der Waals surface area (Å²) in [5.74, 6) is 0. The molecule has 1 saturated carbocycles. The van der Waals surface area contributed by atoms with Gasteiger partial charge < -0.3 is 14.4 Å². The molecule has 0 radical (unpaired) electrons. The van der Waals surface area contributed by atoms with Crippen LogP contribution in [0.5, 0.6) is 0 Å². The fraction of sp³-hybridized carbons (Fsp3) is 0.156. The summed E-state index contributed by atoms with van der Waals surface area (Å²) in [6.07, 6.45) is 4.76. The molecular weight excluding hydrogens is 822 g/mol. The fourth-order valence-corrected chi connectivity index (χ4v) is 13.4. The van der Waals surface area contributed by atoms with Gasteiger partial charge in [-0.1, -0.05) is 165 Å². The van der Waals surface area contributed by atoms with Gasteiger partial charge in [0, 0.05) is 50.1 Å². The molecule has 1 aliphatic carbocycles. The van der Waals surface area contributed by atoms with E-state index >= 15 is 0 Å². The first-order valence-electron chi connectivity index (χ1n) is 24.7. The van der Waals surface area contributed by atoms with Crippen LogP contribution in [0.4, 0.5) is 28.4 Å². The lowest BCUT2D eigenvalue weighted by molar-refractivity contribution is 0.195. The van der Waals surface area contributed by atoms with Crippen LogP contribution < -0.4 is 26.2 Å². The lowest BCUT2D eigenvalue weighted by atomic mass is 9.33. The summed E-state index contributed by atoms with van der Waals surface area (Å²) in [5.41, 5.74) is 25.8. The Bertz CT molecular complexity index is 3660. The van der Waals surface area contributed by atoms with Crippen LogP contribution in [-0.4, -0.2) is 16.8 Å². The number of hydrogen-bond donors (Lipinski definition) is 0. The molecule has 2 unspecified atom stereocenters. The minimum atomic E-state index is -0.143. The molecule has 0 bridgehead atoms. The van der Waals surface area contributed by atoms with Crippen molar-refractivity contribution in [2.75, 3.05) is 9.80 Å². The van der Waals surface area contributed by atoms with Gasteiger partial charge in [-0.3, -0.25) is 0 Å². The van der Waals surface area contributed by atoms with Gasteiger partial charge in [0.15, 0.2) is 0 Å². The van der Waals surface area contributed by atoms with E-state index in [-0.39, 0.29) is 17.7 Å². The van der Waals surface area contributed by atoms with Gasteiger partial charge in [-0.2, -0.15) is 0 Å². The van der Waals surface area contributed by atoms with Crippen LogP contribution >= 0.6 is 0 Å². The number of benzene rings is 9. The smallest absolute Gasteiger partial charge is 0.252 e. The molecule has 326 valence electrons. The van der Waals surface area contributed by atoms with Crippen LogP contribution in [0.15, 0.2) is 194 Å². The maximum atomic E-state index is 2.89. The van der Waals surface area contributed by atoms with Gasteiger partial charge in [-0.25, -0.2) is 0 Å². The van der Waals surface area contributed by atoms with Crippen molar-refractivity contribution in [3.63, 3.8) is 0 Å². The Morgan fingerprint density at radius 2 is 1.03 bits per heavy atom. The van der Waals surface area contributed by atoms with Crippen LogP contribution in [0, 0.1) is 13.8 Å². The number of para-hydroxylation sites is 2. The van der Waals surface area contributed by atoms with Gasteiger partial charge in [0.05, 0.1) is 16.7 Å². The third-order valence-electron chi connectivity index (χ3n) is 16.9. The molecule has 4 heterocycles. The first-order valence-corrected chi connectivity index (χ1v) is 24.7. The third kappa shape index (κ3) is 5.37. The molecule has 14 rings (SSSR count). The Labute approximate surface area is 400 Å². The predicted octanol–water partition coefficient (Wildman–Crippen LogP) is 14.8. The molecule has 0 amide bonds. The Hall–Kier alpha value is -7.56. The molecule has 0 spiro atoms. The minimum absolute atomic E-state index is 0.00277. The van der Waals surface area contributed by atoms with Gasteiger partial charge >= 0.3 is 0 Å². The highest BCUT2D eigenvalue weighted by Gasteiger charge is 2.61. The van der Waals surface area contributed by atoms with Crippen molar-refractivity contribution in [2.45, 2.75) is 64.3 Å². The lowest BCUT2D eigenvalue weighted by Crippen LogP contribution is -2.64. The van der Waals surface area contributed by atoms with Crippen molar-refractivity contribution in [2.24, 2.45) is 0 Å². The molecule has 1 fully saturated rings. The van der Waals surface area contributed by atoms with Gasteiger partial charge in [0.2, 0.25) is 0 Å². The molecule has 3 aliphatic heterocycles. The summed E-state index contributed by atoms with van der Waals surface area (Å²) in [7, 11) is 0. The van der Waals surface area contributed by atoms with E-state index in [1.807, 2.05) is 0 Å². The average Bonchev–Trinajstić information content (AvgIpc) is 3.82. The highest BCUT2D eigenvalue weighted by Crippen LogP contribution is 2.62. The molecular formula is C64H52BN3. The summed E-state index contributed by atoms with van der Waals surface area (Å²) in [6.45, 7) is 9.73. The Morgan fingerprint density at radius 1 is 0.485 bits per heavy atom. The van der Waals surface area contributed by atoms with Crippen molar-refractivity contribution in [3.8, 4) is 39.1 Å². The first kappa shape index (κ1) is 39.6. The number of fused-ring (bicyclic) bond motifs is 10. The molecule has 3 nitrogen and oxygen atoms in total. The maximum absolute atomic E-state index is 2.89. The van der Waals surface area contributed by atoms with Crippen LogP contribution in [0.2, 0.25) is 0 Å². The van der Waals surface area contributed by atoms with E-state index in [2.05, 4.69) is 236 Å². The maximum Gasteiger partial charge on any atom is 0.252 e. The van der Waals surface area contributed by atoms with Crippen LogP contribution in [0.1, 0.15) is 56.2 Å². The number of aryl methyl sites for hydroxylation is 2. The lowest BCUT2D eigenvalue weighted by Gasteiger charge is -2.52. The molecule has 0 saturated heterocycles. The van der Waals surface area contributed by atoms with E-state index in [9.17, 15) is 0 Å². The first-order chi connectivity index (χ1) is 33.3. The second-order valence-electron chi connectivity index (χ2n) is 20.5. The highest BCUT2D eigenvalue weighted by molar-refractivity contribution is 7.00. The Balaban J connectivity index is 1.17. The van der Waals surface area contributed by atoms with Gasteiger partial charge in [-0.05, 0) is 149 Å². The summed E-state index contributed by atoms with van der Waals surface area (Å²) < 4.78 is 2.67. The monoisotopic (exact) mass is 873 g/mol. The number of nitrogens with zero attached hydrogens (tertiary/aromatic N) is 3. The van der Waals surface area contributed by atoms with Gasteiger partial charge in [0.1, 0.15) is 0 Å². The largest absolute Gasteiger partial charge is 0.335 e. The van der Waals surface area contributed by atoms with Crippen LogP contribution in [0.25, 0.3) is 60.9 Å². The fourth-order valence-electron chi connectivity index (χ4n) is 13.4. The zero-order chi connectivity index (χ0) is 45.5. The van der Waals surface area contributed by atoms with Crippen molar-refractivity contribution in [1.29, 1.82) is 0 Å². The van der Waals surface area contributed by atoms with Crippen LogP contribution in [-0.2, 0) is 5.41 Å². The zero-order valence-electron chi connectivity index (χ0n) is 39.2. The van der Waals surface area contributed by atoms with Crippen molar-refractivity contribution in [1.82, 2.24) is 4.57 Å². The highest BCUT2D eigenvalue weighted by atomic mass is 15.3. The summed E-state index contributed by atoms with van der Waals surface area (Å²) >= 11 is 0. The molecule has 4 heteroatoms. The molecule has 1 aromatic heterocycles. The second kappa shape index (κ2) is 14.5. The normalized spacial score (nSPS) is 18.4. The molecule has 10 aromatic rings. The van der Waals surface area contributed by atoms with E-state index in [0.29, 0.717) is 0 Å². The number of aromatic nitrogens is 1. The summed E-state index contributed by atoms with van der Waals surface area (Å²) in [4.78, 5) is 5.44. The van der Waals surface area contributed by atoms with Crippen molar-refractivity contribution in [3.05, 3.63) is 211 Å². The van der Waals surface area contributed by atoms with E-state index in [4.69, 9.17) is 0 Å². The predicted molar refractivity (Wildman–Crippen MR) is 289 cm³/mol.